The molecule has 0 aromatic carbocycles. The standard InChI is InChI=1S/C11H17NO/c1-4-10(13)12-7-5-8-9(6-7)11(8,2)3/h4,7-9H,1,5-6H2,2-3H3,(H,12,13)/t7?,8-,9+. The first-order valence-corrected chi connectivity index (χ1v) is 4.98. The SMILES string of the molecule is C=CC(=O)NC1C[C@@H]2[C@H](C1)C2(C)C. The summed E-state index contributed by atoms with van der Waals surface area (Å²) in [5.41, 5.74) is 0.551. The molecule has 72 valence electrons. The summed E-state index contributed by atoms with van der Waals surface area (Å²) < 4.78 is 0. The number of rotatable bonds is 2. The quantitative estimate of drug-likeness (QED) is 0.642. The first-order valence-electron chi connectivity index (χ1n) is 4.98. The lowest BCUT2D eigenvalue weighted by Crippen LogP contribution is -2.33. The maximum atomic E-state index is 11.0. The molecule has 3 atom stereocenters. The van der Waals surface area contributed by atoms with Gasteiger partial charge < -0.3 is 5.32 Å². The van der Waals surface area contributed by atoms with E-state index in [2.05, 4.69) is 25.7 Å². The molecule has 2 aliphatic carbocycles. The van der Waals surface area contributed by atoms with E-state index in [1.54, 1.807) is 0 Å². The molecule has 2 fully saturated rings. The molecule has 0 aliphatic heterocycles. The third kappa shape index (κ3) is 1.28. The Labute approximate surface area is 79.4 Å². The summed E-state index contributed by atoms with van der Waals surface area (Å²) in [6.07, 6.45) is 3.68. The molecule has 2 heteroatoms. The molecule has 2 aliphatic rings. The molecule has 0 spiro atoms. The lowest BCUT2D eigenvalue weighted by atomic mass is 9.98. The molecular formula is C11H17NO. The smallest absolute Gasteiger partial charge is 0.243 e. The Morgan fingerprint density at radius 2 is 2.00 bits per heavy atom. The van der Waals surface area contributed by atoms with Gasteiger partial charge in [-0.2, -0.15) is 0 Å². The van der Waals surface area contributed by atoms with Gasteiger partial charge in [0.15, 0.2) is 0 Å². The van der Waals surface area contributed by atoms with Gasteiger partial charge in [-0.1, -0.05) is 20.4 Å². The third-order valence-corrected chi connectivity index (χ3v) is 3.90. The Morgan fingerprint density at radius 3 is 2.46 bits per heavy atom. The van der Waals surface area contributed by atoms with Gasteiger partial charge in [-0.05, 0) is 36.2 Å². The van der Waals surface area contributed by atoms with Crippen LogP contribution in [0.4, 0.5) is 0 Å². The number of hydrogen-bond donors (Lipinski definition) is 1. The zero-order valence-corrected chi connectivity index (χ0v) is 8.34. The van der Waals surface area contributed by atoms with Crippen LogP contribution in [0.15, 0.2) is 12.7 Å². The number of hydrogen-bond acceptors (Lipinski definition) is 1. The number of nitrogens with one attached hydrogen (secondary N) is 1. The van der Waals surface area contributed by atoms with Crippen LogP contribution < -0.4 is 5.32 Å². The minimum atomic E-state index is -0.0240. The summed E-state index contributed by atoms with van der Waals surface area (Å²) >= 11 is 0. The van der Waals surface area contributed by atoms with Crippen molar-refractivity contribution in [2.24, 2.45) is 17.3 Å². The fraction of sp³-hybridized carbons (Fsp3) is 0.727. The Bertz CT molecular complexity index is 243. The van der Waals surface area contributed by atoms with E-state index in [0.29, 0.717) is 11.5 Å². The molecule has 0 saturated heterocycles. The molecule has 1 N–H and O–H groups in total. The molecule has 13 heavy (non-hydrogen) atoms. The van der Waals surface area contributed by atoms with Crippen LogP contribution in [0.1, 0.15) is 26.7 Å². The average molecular weight is 179 g/mol. The largest absolute Gasteiger partial charge is 0.350 e. The van der Waals surface area contributed by atoms with Gasteiger partial charge in [0, 0.05) is 6.04 Å². The van der Waals surface area contributed by atoms with Crippen LogP contribution in [0.3, 0.4) is 0 Å². The van der Waals surface area contributed by atoms with Gasteiger partial charge in [0.2, 0.25) is 5.91 Å². The second-order valence-corrected chi connectivity index (χ2v) is 4.92. The van der Waals surface area contributed by atoms with Gasteiger partial charge in [0.25, 0.3) is 0 Å². The molecule has 1 unspecified atom stereocenters. The van der Waals surface area contributed by atoms with E-state index in [1.807, 2.05) is 0 Å². The van der Waals surface area contributed by atoms with Crippen molar-refractivity contribution in [2.75, 3.05) is 0 Å². The van der Waals surface area contributed by atoms with Crippen molar-refractivity contribution in [1.82, 2.24) is 5.32 Å². The summed E-state index contributed by atoms with van der Waals surface area (Å²) in [5.74, 6) is 1.68. The predicted molar refractivity (Wildman–Crippen MR) is 52.1 cm³/mol. The predicted octanol–water partition coefficient (Wildman–Crippen LogP) is 1.72. The van der Waals surface area contributed by atoms with E-state index in [0.717, 1.165) is 24.7 Å². The molecule has 2 saturated carbocycles. The van der Waals surface area contributed by atoms with E-state index in [9.17, 15) is 4.79 Å². The van der Waals surface area contributed by atoms with Gasteiger partial charge in [0.1, 0.15) is 0 Å². The Balaban J connectivity index is 1.84. The molecular weight excluding hydrogens is 162 g/mol. The molecule has 0 radical (unpaired) electrons. The highest BCUT2D eigenvalue weighted by molar-refractivity contribution is 5.87. The number of carbonyl (C=O) groups excluding carboxylic acids is 1. The van der Waals surface area contributed by atoms with Gasteiger partial charge >= 0.3 is 0 Å². The van der Waals surface area contributed by atoms with E-state index in [-0.39, 0.29) is 5.91 Å². The lowest BCUT2D eigenvalue weighted by molar-refractivity contribution is -0.117. The monoisotopic (exact) mass is 179 g/mol. The second kappa shape index (κ2) is 2.60. The van der Waals surface area contributed by atoms with Crippen molar-refractivity contribution in [1.29, 1.82) is 0 Å². The van der Waals surface area contributed by atoms with Crippen molar-refractivity contribution in [3.8, 4) is 0 Å². The van der Waals surface area contributed by atoms with Crippen LogP contribution in [0.2, 0.25) is 0 Å². The summed E-state index contributed by atoms with van der Waals surface area (Å²) in [6, 6.07) is 0.411. The highest BCUT2D eigenvalue weighted by atomic mass is 16.1. The molecule has 0 aromatic heterocycles. The van der Waals surface area contributed by atoms with Gasteiger partial charge in [-0.25, -0.2) is 0 Å². The number of carbonyl (C=O) groups is 1. The van der Waals surface area contributed by atoms with Crippen molar-refractivity contribution in [3.05, 3.63) is 12.7 Å². The zero-order chi connectivity index (χ0) is 9.64. The average Bonchev–Trinajstić information content (AvgIpc) is 2.54. The van der Waals surface area contributed by atoms with Crippen LogP contribution >= 0.6 is 0 Å². The van der Waals surface area contributed by atoms with Crippen LogP contribution in [-0.4, -0.2) is 11.9 Å². The summed E-state index contributed by atoms with van der Waals surface area (Å²) in [7, 11) is 0. The Morgan fingerprint density at radius 1 is 1.46 bits per heavy atom. The van der Waals surface area contributed by atoms with E-state index < -0.39 is 0 Å². The lowest BCUT2D eigenvalue weighted by Gasteiger charge is -2.17. The Kier molecular flexibility index (Phi) is 1.76. The zero-order valence-electron chi connectivity index (χ0n) is 8.34. The highest BCUT2D eigenvalue weighted by Gasteiger charge is 2.61. The second-order valence-electron chi connectivity index (χ2n) is 4.92. The van der Waals surface area contributed by atoms with Gasteiger partial charge in [-0.15, -0.1) is 0 Å². The molecule has 1 amide bonds. The Hall–Kier alpha value is -0.790. The van der Waals surface area contributed by atoms with Crippen molar-refractivity contribution in [3.63, 3.8) is 0 Å². The number of amides is 1. The van der Waals surface area contributed by atoms with Crippen LogP contribution in [0, 0.1) is 17.3 Å². The molecule has 0 bridgehead atoms. The minimum Gasteiger partial charge on any atom is -0.350 e. The number of fused-ring (bicyclic) bond motifs is 1. The first kappa shape index (κ1) is 8.79. The van der Waals surface area contributed by atoms with Crippen LogP contribution in [0.5, 0.6) is 0 Å². The molecule has 2 rings (SSSR count). The van der Waals surface area contributed by atoms with Crippen molar-refractivity contribution < 1.29 is 4.79 Å². The third-order valence-electron chi connectivity index (χ3n) is 3.90. The molecule has 0 heterocycles. The normalized spacial score (nSPS) is 39.4. The van der Waals surface area contributed by atoms with E-state index in [4.69, 9.17) is 0 Å². The fourth-order valence-corrected chi connectivity index (χ4v) is 2.88. The molecule has 0 aromatic rings. The van der Waals surface area contributed by atoms with Crippen molar-refractivity contribution >= 4 is 5.91 Å². The summed E-state index contributed by atoms with van der Waals surface area (Å²) in [5, 5.41) is 2.97. The van der Waals surface area contributed by atoms with Gasteiger partial charge in [-0.3, -0.25) is 4.79 Å². The van der Waals surface area contributed by atoms with E-state index >= 15 is 0 Å². The highest BCUT2D eigenvalue weighted by Crippen LogP contribution is 2.66. The van der Waals surface area contributed by atoms with Crippen LogP contribution in [0.25, 0.3) is 0 Å². The minimum absolute atomic E-state index is 0.0240. The van der Waals surface area contributed by atoms with Crippen molar-refractivity contribution in [2.45, 2.75) is 32.7 Å². The summed E-state index contributed by atoms with van der Waals surface area (Å²) in [6.45, 7) is 8.10. The van der Waals surface area contributed by atoms with Crippen LogP contribution in [-0.2, 0) is 4.79 Å². The fourth-order valence-electron chi connectivity index (χ4n) is 2.88. The topological polar surface area (TPSA) is 29.1 Å². The maximum absolute atomic E-state index is 11.0. The maximum Gasteiger partial charge on any atom is 0.243 e. The summed E-state index contributed by atoms with van der Waals surface area (Å²) in [4.78, 5) is 11.0. The molecule has 2 nitrogen and oxygen atoms in total. The van der Waals surface area contributed by atoms with E-state index in [1.165, 1.54) is 6.08 Å². The first-order chi connectivity index (χ1) is 6.05. The van der Waals surface area contributed by atoms with Gasteiger partial charge in [0.05, 0.1) is 0 Å².